The van der Waals surface area contributed by atoms with E-state index >= 15 is 0 Å². The number of carbonyl (C=O) groups excluding carboxylic acids is 1. The van der Waals surface area contributed by atoms with E-state index in [-0.39, 0.29) is 25.3 Å². The molecule has 0 fully saturated rings. The smallest absolute Gasteiger partial charge is 0.326 e. The van der Waals surface area contributed by atoms with Gasteiger partial charge in [0.05, 0.1) is 11.8 Å². The van der Waals surface area contributed by atoms with Crippen LogP contribution in [0.2, 0.25) is 0 Å². The Bertz CT molecular complexity index is 963. The summed E-state index contributed by atoms with van der Waals surface area (Å²) in [4.78, 5) is 30.0. The van der Waals surface area contributed by atoms with Gasteiger partial charge < -0.3 is 18.9 Å². The number of nitrogens with zero attached hydrogens (tertiary/aromatic N) is 3. The first-order chi connectivity index (χ1) is 13.1. The van der Waals surface area contributed by atoms with Crippen molar-refractivity contribution < 1.29 is 23.6 Å². The second-order valence-corrected chi connectivity index (χ2v) is 6.37. The van der Waals surface area contributed by atoms with Crippen LogP contribution in [-0.4, -0.2) is 38.1 Å². The van der Waals surface area contributed by atoms with Crippen molar-refractivity contribution in [3.05, 3.63) is 59.9 Å². The van der Waals surface area contributed by atoms with E-state index in [0.29, 0.717) is 23.7 Å². The normalized spacial score (nSPS) is 16.1. The number of aliphatic carboxylic acids is 1. The van der Waals surface area contributed by atoms with Gasteiger partial charge in [0.2, 0.25) is 17.6 Å². The zero-order valence-corrected chi connectivity index (χ0v) is 14.4. The fourth-order valence-corrected chi connectivity index (χ4v) is 3.23. The number of furan rings is 1. The molecule has 8 nitrogen and oxygen atoms in total. The van der Waals surface area contributed by atoms with Crippen LogP contribution in [0, 0.1) is 0 Å². The Hall–Kier alpha value is -3.42. The summed E-state index contributed by atoms with van der Waals surface area (Å²) in [5.74, 6) is -0.539. The van der Waals surface area contributed by atoms with Gasteiger partial charge in [0.1, 0.15) is 12.3 Å². The number of hydrogen-bond acceptors (Lipinski definition) is 6. The molecule has 1 aliphatic heterocycles. The molecule has 4 rings (SSSR count). The first kappa shape index (κ1) is 17.0. The second-order valence-electron chi connectivity index (χ2n) is 6.37. The molecule has 1 N–H and O–H groups in total. The molecule has 3 heterocycles. The van der Waals surface area contributed by atoms with Gasteiger partial charge >= 0.3 is 5.97 Å². The Balaban J connectivity index is 1.45. The maximum atomic E-state index is 12.7. The van der Waals surface area contributed by atoms with E-state index in [4.69, 9.17) is 8.94 Å². The molecule has 0 aliphatic carbocycles. The molecule has 1 unspecified atom stereocenters. The molecule has 1 amide bonds. The van der Waals surface area contributed by atoms with Crippen molar-refractivity contribution in [2.24, 2.45) is 0 Å². The minimum Gasteiger partial charge on any atom is -0.480 e. The van der Waals surface area contributed by atoms with Crippen LogP contribution in [0.4, 0.5) is 0 Å². The SMILES string of the molecule is O=C(O)C1Cc2ccccc2CN1C(=O)CCc1nc(-c2ccoc2)no1. The Morgan fingerprint density at radius 1 is 1.22 bits per heavy atom. The molecule has 0 radical (unpaired) electrons. The third-order valence-corrected chi connectivity index (χ3v) is 4.65. The number of aryl methyl sites for hydroxylation is 1. The minimum atomic E-state index is -1.00. The monoisotopic (exact) mass is 367 g/mol. The highest BCUT2D eigenvalue weighted by molar-refractivity contribution is 5.84. The molecule has 27 heavy (non-hydrogen) atoms. The summed E-state index contributed by atoms with van der Waals surface area (Å²) >= 11 is 0. The van der Waals surface area contributed by atoms with Gasteiger partial charge in [-0.25, -0.2) is 4.79 Å². The molecule has 0 bridgehead atoms. The predicted molar refractivity (Wildman–Crippen MR) is 92.4 cm³/mol. The van der Waals surface area contributed by atoms with E-state index in [0.717, 1.165) is 11.1 Å². The predicted octanol–water partition coefficient (Wildman–Crippen LogP) is 2.30. The number of hydrogen-bond donors (Lipinski definition) is 1. The van der Waals surface area contributed by atoms with Crippen molar-refractivity contribution in [3.63, 3.8) is 0 Å². The quantitative estimate of drug-likeness (QED) is 0.737. The van der Waals surface area contributed by atoms with Crippen molar-refractivity contribution in [2.75, 3.05) is 0 Å². The largest absolute Gasteiger partial charge is 0.480 e. The standard InChI is InChI=1S/C19H17N3O5/c23-17(6-5-16-20-18(21-27-16)14-7-8-26-11-14)22-10-13-4-2-1-3-12(13)9-15(22)19(24)25/h1-4,7-8,11,15H,5-6,9-10H2,(H,24,25). The van der Waals surface area contributed by atoms with Crippen molar-refractivity contribution in [1.82, 2.24) is 15.0 Å². The van der Waals surface area contributed by atoms with Crippen LogP contribution < -0.4 is 0 Å². The van der Waals surface area contributed by atoms with Gasteiger partial charge in [-0.1, -0.05) is 29.4 Å². The summed E-state index contributed by atoms with van der Waals surface area (Å²) in [7, 11) is 0. The number of carboxylic acid groups (broad SMARTS) is 1. The molecule has 8 heteroatoms. The number of aromatic nitrogens is 2. The van der Waals surface area contributed by atoms with Crippen LogP contribution in [0.3, 0.4) is 0 Å². The lowest BCUT2D eigenvalue weighted by atomic mass is 9.93. The lowest BCUT2D eigenvalue weighted by molar-refractivity contribution is -0.151. The maximum Gasteiger partial charge on any atom is 0.326 e. The van der Waals surface area contributed by atoms with E-state index in [1.807, 2.05) is 24.3 Å². The van der Waals surface area contributed by atoms with Gasteiger partial charge in [0, 0.05) is 25.8 Å². The van der Waals surface area contributed by atoms with Crippen molar-refractivity contribution in [2.45, 2.75) is 31.8 Å². The van der Waals surface area contributed by atoms with Crippen LogP contribution in [0.15, 0.2) is 51.8 Å². The van der Waals surface area contributed by atoms with Gasteiger partial charge in [0.25, 0.3) is 0 Å². The highest BCUT2D eigenvalue weighted by Crippen LogP contribution is 2.24. The maximum absolute atomic E-state index is 12.7. The molecule has 1 atom stereocenters. The third-order valence-electron chi connectivity index (χ3n) is 4.65. The summed E-state index contributed by atoms with van der Waals surface area (Å²) in [6.45, 7) is 0.288. The highest BCUT2D eigenvalue weighted by atomic mass is 16.5. The number of benzene rings is 1. The lowest BCUT2D eigenvalue weighted by Crippen LogP contribution is -2.48. The van der Waals surface area contributed by atoms with Gasteiger partial charge in [-0.05, 0) is 17.2 Å². The zero-order chi connectivity index (χ0) is 18.8. The summed E-state index contributed by atoms with van der Waals surface area (Å²) in [5.41, 5.74) is 2.63. The molecule has 2 aromatic heterocycles. The molecule has 1 aliphatic rings. The average Bonchev–Trinajstić information content (AvgIpc) is 3.36. The number of fused-ring (bicyclic) bond motifs is 1. The number of carbonyl (C=O) groups is 2. The van der Waals surface area contributed by atoms with E-state index < -0.39 is 12.0 Å². The van der Waals surface area contributed by atoms with Crippen LogP contribution in [-0.2, 0) is 29.0 Å². The van der Waals surface area contributed by atoms with Crippen LogP contribution in [0.25, 0.3) is 11.4 Å². The van der Waals surface area contributed by atoms with Gasteiger partial charge in [-0.3, -0.25) is 4.79 Å². The molecule has 0 saturated carbocycles. The highest BCUT2D eigenvalue weighted by Gasteiger charge is 2.34. The van der Waals surface area contributed by atoms with Crippen molar-refractivity contribution in [3.8, 4) is 11.4 Å². The fourth-order valence-electron chi connectivity index (χ4n) is 3.23. The van der Waals surface area contributed by atoms with E-state index in [1.165, 1.54) is 17.4 Å². The second kappa shape index (κ2) is 7.06. The number of rotatable bonds is 5. The van der Waals surface area contributed by atoms with Crippen LogP contribution in [0.5, 0.6) is 0 Å². The zero-order valence-electron chi connectivity index (χ0n) is 14.4. The van der Waals surface area contributed by atoms with Gasteiger partial charge in [-0.15, -0.1) is 0 Å². The summed E-state index contributed by atoms with van der Waals surface area (Å²) in [5, 5.41) is 13.4. The Kier molecular flexibility index (Phi) is 4.45. The van der Waals surface area contributed by atoms with E-state index in [2.05, 4.69) is 10.1 Å². The van der Waals surface area contributed by atoms with Crippen molar-refractivity contribution in [1.29, 1.82) is 0 Å². The molecule has 0 spiro atoms. The summed E-state index contributed by atoms with van der Waals surface area (Å²) in [6.07, 6.45) is 3.66. The van der Waals surface area contributed by atoms with Crippen LogP contribution >= 0.6 is 0 Å². The third kappa shape index (κ3) is 3.46. The molecule has 1 aromatic carbocycles. The molecule has 3 aromatic rings. The molecule has 0 saturated heterocycles. The van der Waals surface area contributed by atoms with Gasteiger partial charge in [-0.2, -0.15) is 4.98 Å². The summed E-state index contributed by atoms with van der Waals surface area (Å²) < 4.78 is 10.1. The first-order valence-corrected chi connectivity index (χ1v) is 8.56. The molecular formula is C19H17N3O5. The lowest BCUT2D eigenvalue weighted by Gasteiger charge is -2.34. The Morgan fingerprint density at radius 3 is 2.78 bits per heavy atom. The Labute approximate surface area is 154 Å². The molecular weight excluding hydrogens is 350 g/mol. The van der Waals surface area contributed by atoms with Gasteiger partial charge in [0.15, 0.2) is 0 Å². The molecule has 138 valence electrons. The summed E-state index contributed by atoms with van der Waals surface area (Å²) in [6, 6.07) is 8.44. The van der Waals surface area contributed by atoms with Crippen molar-refractivity contribution >= 4 is 11.9 Å². The van der Waals surface area contributed by atoms with E-state index in [1.54, 1.807) is 6.07 Å². The number of carboxylic acids is 1. The Morgan fingerprint density at radius 2 is 2.04 bits per heavy atom. The fraction of sp³-hybridized carbons (Fsp3) is 0.263. The minimum absolute atomic E-state index is 0.0962. The topological polar surface area (TPSA) is 110 Å². The number of amides is 1. The first-order valence-electron chi connectivity index (χ1n) is 8.56. The van der Waals surface area contributed by atoms with E-state index in [9.17, 15) is 14.7 Å². The average molecular weight is 367 g/mol. The van der Waals surface area contributed by atoms with Crippen LogP contribution in [0.1, 0.15) is 23.4 Å².